The summed E-state index contributed by atoms with van der Waals surface area (Å²) in [6, 6.07) is 20.1. The lowest BCUT2D eigenvalue weighted by atomic mass is 9.89. The molecule has 25 heavy (non-hydrogen) atoms. The van der Waals surface area contributed by atoms with Crippen LogP contribution in [0.5, 0.6) is 5.75 Å². The van der Waals surface area contributed by atoms with Crippen LogP contribution < -0.4 is 4.74 Å². The molecule has 1 heterocycles. The van der Waals surface area contributed by atoms with Crippen LogP contribution in [0, 0.1) is 5.92 Å². The molecule has 134 valence electrons. The zero-order valence-electron chi connectivity index (χ0n) is 15.7. The van der Waals surface area contributed by atoms with Crippen LogP contribution in [0.15, 0.2) is 54.6 Å². The van der Waals surface area contributed by atoms with Gasteiger partial charge in [-0.1, -0.05) is 42.5 Å². The molecule has 1 atom stereocenters. The molecule has 2 heteroatoms. The van der Waals surface area contributed by atoms with E-state index in [0.717, 1.165) is 18.1 Å². The van der Waals surface area contributed by atoms with Crippen molar-refractivity contribution in [2.45, 2.75) is 45.1 Å². The number of benzene rings is 2. The number of rotatable bonds is 7. The summed E-state index contributed by atoms with van der Waals surface area (Å²) < 4.78 is 5.23. The normalized spacial score (nSPS) is 17.4. The fraction of sp³-hybridized carbons (Fsp3) is 0.478. The first-order chi connectivity index (χ1) is 12.2. The van der Waals surface area contributed by atoms with E-state index >= 15 is 0 Å². The van der Waals surface area contributed by atoms with Gasteiger partial charge in [-0.3, -0.25) is 0 Å². The van der Waals surface area contributed by atoms with Crippen molar-refractivity contribution in [1.82, 2.24) is 4.90 Å². The number of methoxy groups -OCH3 is 1. The summed E-state index contributed by atoms with van der Waals surface area (Å²) in [5.41, 5.74) is 2.90. The van der Waals surface area contributed by atoms with Gasteiger partial charge in [0.15, 0.2) is 0 Å². The van der Waals surface area contributed by atoms with Gasteiger partial charge in [0.05, 0.1) is 7.11 Å². The summed E-state index contributed by atoms with van der Waals surface area (Å²) >= 11 is 0. The Morgan fingerprint density at radius 1 is 0.960 bits per heavy atom. The number of hydrogen-bond acceptors (Lipinski definition) is 2. The molecule has 0 spiro atoms. The lowest BCUT2D eigenvalue weighted by Crippen LogP contribution is -2.40. The molecule has 1 unspecified atom stereocenters. The van der Waals surface area contributed by atoms with E-state index in [9.17, 15) is 0 Å². The Balaban J connectivity index is 1.41. The lowest BCUT2D eigenvalue weighted by Gasteiger charge is -2.36. The third-order valence-electron chi connectivity index (χ3n) is 5.65. The van der Waals surface area contributed by atoms with Gasteiger partial charge in [0.2, 0.25) is 0 Å². The van der Waals surface area contributed by atoms with E-state index in [1.165, 1.54) is 49.9 Å². The molecule has 3 rings (SSSR count). The van der Waals surface area contributed by atoms with E-state index in [0.29, 0.717) is 6.04 Å². The quantitative estimate of drug-likeness (QED) is 0.707. The van der Waals surface area contributed by atoms with Crippen molar-refractivity contribution in [3.63, 3.8) is 0 Å². The summed E-state index contributed by atoms with van der Waals surface area (Å²) in [5, 5.41) is 0. The first kappa shape index (κ1) is 18.0. The second-order valence-electron chi connectivity index (χ2n) is 7.40. The predicted octanol–water partition coefficient (Wildman–Crippen LogP) is 4.97. The summed E-state index contributed by atoms with van der Waals surface area (Å²) in [5.74, 6) is 1.80. The number of ether oxygens (including phenoxy) is 1. The fourth-order valence-corrected chi connectivity index (χ4v) is 3.90. The highest BCUT2D eigenvalue weighted by Crippen LogP contribution is 2.24. The van der Waals surface area contributed by atoms with Crippen LogP contribution in [-0.4, -0.2) is 31.1 Å². The smallest absolute Gasteiger partial charge is 0.118 e. The summed E-state index contributed by atoms with van der Waals surface area (Å²) in [6.07, 6.45) is 6.29. The second-order valence-corrected chi connectivity index (χ2v) is 7.40. The van der Waals surface area contributed by atoms with Crippen LogP contribution in [0.3, 0.4) is 0 Å². The van der Waals surface area contributed by atoms with Crippen LogP contribution >= 0.6 is 0 Å². The Morgan fingerprint density at radius 3 is 2.28 bits per heavy atom. The van der Waals surface area contributed by atoms with E-state index in [-0.39, 0.29) is 0 Å². The molecule has 0 radical (unpaired) electrons. The van der Waals surface area contributed by atoms with Gasteiger partial charge in [0, 0.05) is 6.04 Å². The lowest BCUT2D eigenvalue weighted by molar-refractivity contribution is 0.135. The van der Waals surface area contributed by atoms with Crippen molar-refractivity contribution >= 4 is 0 Å². The zero-order chi connectivity index (χ0) is 17.5. The predicted molar refractivity (Wildman–Crippen MR) is 105 cm³/mol. The maximum atomic E-state index is 5.23. The summed E-state index contributed by atoms with van der Waals surface area (Å²) in [4.78, 5) is 2.69. The van der Waals surface area contributed by atoms with Crippen molar-refractivity contribution < 1.29 is 4.74 Å². The second kappa shape index (κ2) is 9.05. The van der Waals surface area contributed by atoms with Gasteiger partial charge in [-0.25, -0.2) is 0 Å². The monoisotopic (exact) mass is 337 g/mol. The molecule has 2 aromatic carbocycles. The number of piperidine rings is 1. The van der Waals surface area contributed by atoms with Crippen molar-refractivity contribution in [2.75, 3.05) is 20.2 Å². The maximum Gasteiger partial charge on any atom is 0.118 e. The molecule has 1 aliphatic rings. The minimum atomic E-state index is 0.666. The molecule has 0 aliphatic carbocycles. The molecule has 1 saturated heterocycles. The van der Waals surface area contributed by atoms with E-state index in [2.05, 4.69) is 66.4 Å². The maximum absolute atomic E-state index is 5.23. The number of aryl methyl sites for hydroxylation is 1. The zero-order valence-corrected chi connectivity index (χ0v) is 15.7. The first-order valence-corrected chi connectivity index (χ1v) is 9.65. The van der Waals surface area contributed by atoms with Crippen LogP contribution in [0.4, 0.5) is 0 Å². The van der Waals surface area contributed by atoms with Gasteiger partial charge in [-0.15, -0.1) is 0 Å². The van der Waals surface area contributed by atoms with Crippen LogP contribution in [-0.2, 0) is 12.8 Å². The summed E-state index contributed by atoms with van der Waals surface area (Å²) in [7, 11) is 1.72. The number of hydrogen-bond donors (Lipinski definition) is 0. The van der Waals surface area contributed by atoms with Gasteiger partial charge in [-0.2, -0.15) is 0 Å². The van der Waals surface area contributed by atoms with Gasteiger partial charge in [0.25, 0.3) is 0 Å². The van der Waals surface area contributed by atoms with Crippen molar-refractivity contribution in [1.29, 1.82) is 0 Å². The van der Waals surface area contributed by atoms with E-state index < -0.39 is 0 Å². The molecule has 0 aromatic heterocycles. The average molecular weight is 338 g/mol. The molecule has 0 bridgehead atoms. The average Bonchev–Trinajstić information content (AvgIpc) is 2.68. The molecular weight excluding hydrogens is 306 g/mol. The largest absolute Gasteiger partial charge is 0.497 e. The highest BCUT2D eigenvalue weighted by molar-refractivity contribution is 5.27. The fourth-order valence-electron chi connectivity index (χ4n) is 3.90. The Bertz CT molecular complexity index is 614. The first-order valence-electron chi connectivity index (χ1n) is 9.65. The minimum absolute atomic E-state index is 0.666. The number of nitrogens with zero attached hydrogens (tertiary/aromatic N) is 1. The molecule has 1 fully saturated rings. The molecular formula is C23H31NO. The Labute approximate surface area is 152 Å². The van der Waals surface area contributed by atoms with Gasteiger partial charge < -0.3 is 9.64 Å². The Kier molecular flexibility index (Phi) is 6.52. The third kappa shape index (κ3) is 5.34. The van der Waals surface area contributed by atoms with Crippen molar-refractivity contribution in [2.24, 2.45) is 5.92 Å². The molecule has 0 amide bonds. The highest BCUT2D eigenvalue weighted by Gasteiger charge is 2.22. The Hall–Kier alpha value is -1.80. The van der Waals surface area contributed by atoms with E-state index in [4.69, 9.17) is 4.74 Å². The van der Waals surface area contributed by atoms with Gasteiger partial charge in [-0.05, 0) is 81.3 Å². The molecule has 2 aromatic rings. The van der Waals surface area contributed by atoms with E-state index in [1.807, 2.05) is 0 Å². The van der Waals surface area contributed by atoms with Crippen molar-refractivity contribution in [3.8, 4) is 5.75 Å². The van der Waals surface area contributed by atoms with Gasteiger partial charge >= 0.3 is 0 Å². The number of likely N-dealkylation sites (tertiary alicyclic amines) is 1. The third-order valence-corrected chi connectivity index (χ3v) is 5.65. The topological polar surface area (TPSA) is 12.5 Å². The molecule has 1 aliphatic heterocycles. The minimum Gasteiger partial charge on any atom is -0.497 e. The van der Waals surface area contributed by atoms with E-state index in [1.54, 1.807) is 7.11 Å². The Morgan fingerprint density at radius 2 is 1.64 bits per heavy atom. The van der Waals surface area contributed by atoms with Crippen molar-refractivity contribution in [3.05, 3.63) is 65.7 Å². The SMILES string of the molecule is COc1ccc(CCC(C)N2CCC(Cc3ccccc3)CC2)cc1. The van der Waals surface area contributed by atoms with Crippen LogP contribution in [0.1, 0.15) is 37.3 Å². The van der Waals surface area contributed by atoms with Gasteiger partial charge in [0.1, 0.15) is 5.75 Å². The van der Waals surface area contributed by atoms with Crippen LogP contribution in [0.2, 0.25) is 0 Å². The molecule has 0 N–H and O–H groups in total. The molecule has 0 saturated carbocycles. The van der Waals surface area contributed by atoms with Crippen LogP contribution in [0.25, 0.3) is 0 Å². The summed E-state index contributed by atoms with van der Waals surface area (Å²) in [6.45, 7) is 4.89. The highest BCUT2D eigenvalue weighted by atomic mass is 16.5. The standard InChI is InChI=1S/C23H31NO/c1-19(8-9-20-10-12-23(25-2)13-11-20)24-16-14-22(15-17-24)18-21-6-4-3-5-7-21/h3-7,10-13,19,22H,8-9,14-18H2,1-2H3. The molecule has 2 nitrogen and oxygen atoms in total.